The molecule has 0 saturated heterocycles. The van der Waals surface area contributed by atoms with Crippen LogP contribution in [0.15, 0.2) is 17.5 Å². The Morgan fingerprint density at radius 1 is 1.00 bits per heavy atom. The van der Waals surface area contributed by atoms with Crippen LogP contribution in [0.3, 0.4) is 0 Å². The van der Waals surface area contributed by atoms with Gasteiger partial charge in [0.05, 0.1) is 12.4 Å². The highest BCUT2D eigenvalue weighted by atomic mass is 32.1. The van der Waals surface area contributed by atoms with Crippen LogP contribution in [0.25, 0.3) is 0 Å². The first-order chi connectivity index (χ1) is 17.4. The molecule has 0 bridgehead atoms. The lowest BCUT2D eigenvalue weighted by molar-refractivity contribution is -0.142. The third kappa shape index (κ3) is 12.1. The van der Waals surface area contributed by atoms with E-state index in [1.165, 1.54) is 12.5 Å². The number of amides is 4. The van der Waals surface area contributed by atoms with Gasteiger partial charge in [0.15, 0.2) is 5.96 Å². The van der Waals surface area contributed by atoms with Crippen molar-refractivity contribution in [1.82, 2.24) is 25.9 Å². The summed E-state index contributed by atoms with van der Waals surface area (Å²) in [4.78, 5) is 71.3. The maximum atomic E-state index is 12.8. The van der Waals surface area contributed by atoms with Gasteiger partial charge in [-0.05, 0) is 19.3 Å². The number of aliphatic imine (C=N–C) groups is 1. The van der Waals surface area contributed by atoms with Gasteiger partial charge in [-0.15, -0.1) is 0 Å². The number of carbonyl (C=O) groups is 5. The Labute approximate surface area is 218 Å². The van der Waals surface area contributed by atoms with Gasteiger partial charge in [0.1, 0.15) is 18.1 Å². The molecule has 1 heterocycles. The summed E-state index contributed by atoms with van der Waals surface area (Å²) in [5.41, 5.74) is 21.9. The molecule has 17 heteroatoms. The average molecular weight is 543 g/mol. The van der Waals surface area contributed by atoms with Crippen LogP contribution in [0.2, 0.25) is 0 Å². The number of primary amides is 1. The number of nitrogens with one attached hydrogen (secondary N) is 4. The lowest BCUT2D eigenvalue weighted by atomic mass is 10.1. The predicted octanol–water partition coefficient (Wildman–Crippen LogP) is -3.93. The van der Waals surface area contributed by atoms with E-state index >= 15 is 0 Å². The van der Waals surface area contributed by atoms with E-state index in [0.29, 0.717) is 12.1 Å². The number of carboxylic acids is 1. The summed E-state index contributed by atoms with van der Waals surface area (Å²) in [6.45, 7) is 0.272. The molecule has 206 valence electrons. The lowest BCUT2D eigenvalue weighted by Gasteiger charge is -2.24. The second-order valence-electron chi connectivity index (χ2n) is 8.05. The maximum absolute atomic E-state index is 12.8. The van der Waals surface area contributed by atoms with E-state index < -0.39 is 53.8 Å². The Morgan fingerprint density at radius 2 is 1.62 bits per heavy atom. The van der Waals surface area contributed by atoms with E-state index in [1.54, 1.807) is 0 Å². The largest absolute Gasteiger partial charge is 0.480 e. The first-order valence-electron chi connectivity index (χ1n) is 11.3. The highest BCUT2D eigenvalue weighted by Gasteiger charge is 2.30. The average Bonchev–Trinajstić information content (AvgIpc) is 3.34. The molecule has 0 fully saturated rings. The van der Waals surface area contributed by atoms with Crippen molar-refractivity contribution in [2.24, 2.45) is 27.9 Å². The Morgan fingerprint density at radius 3 is 2.16 bits per heavy atom. The number of guanidine groups is 1. The Balaban J connectivity index is 2.83. The predicted molar refractivity (Wildman–Crippen MR) is 136 cm³/mol. The first-order valence-corrected chi connectivity index (χ1v) is 11.9. The van der Waals surface area contributed by atoms with Gasteiger partial charge in [0.25, 0.3) is 0 Å². The summed E-state index contributed by atoms with van der Waals surface area (Å²) in [5, 5.41) is 16.7. The van der Waals surface area contributed by atoms with Crippen molar-refractivity contribution < 1.29 is 29.1 Å². The molecule has 16 nitrogen and oxygen atoms in total. The first kappa shape index (κ1) is 31.2. The number of aliphatic carboxylic acids is 1. The van der Waals surface area contributed by atoms with Crippen LogP contribution in [-0.4, -0.2) is 87.1 Å². The molecule has 0 spiro atoms. The summed E-state index contributed by atoms with van der Waals surface area (Å²) in [5.74, 6) is -4.57. The highest BCUT2D eigenvalue weighted by molar-refractivity contribution is 7.80. The molecule has 1 aromatic heterocycles. The molecule has 0 aromatic carbocycles. The van der Waals surface area contributed by atoms with Gasteiger partial charge < -0.3 is 49.0 Å². The van der Waals surface area contributed by atoms with Crippen LogP contribution >= 0.6 is 12.6 Å². The Bertz CT molecular complexity index is 953. The van der Waals surface area contributed by atoms with Crippen LogP contribution in [0, 0.1) is 0 Å². The van der Waals surface area contributed by atoms with Crippen molar-refractivity contribution in [3.8, 4) is 0 Å². The van der Waals surface area contributed by atoms with Crippen molar-refractivity contribution in [2.45, 2.75) is 56.3 Å². The Kier molecular flexibility index (Phi) is 13.5. The minimum Gasteiger partial charge on any atom is -0.480 e. The molecule has 13 N–H and O–H groups in total. The molecule has 1 aromatic rings. The number of hydrogen-bond donors (Lipinski definition) is 10. The zero-order valence-electron chi connectivity index (χ0n) is 20.1. The second kappa shape index (κ2) is 16.0. The molecule has 0 radical (unpaired) electrons. The van der Waals surface area contributed by atoms with Crippen LogP contribution in [0.5, 0.6) is 0 Å². The fourth-order valence-corrected chi connectivity index (χ4v) is 3.30. The van der Waals surface area contributed by atoms with Gasteiger partial charge in [-0.3, -0.25) is 24.2 Å². The number of carboxylic acid groups (broad SMARTS) is 1. The number of nitrogens with zero attached hydrogens (tertiary/aromatic N) is 2. The molecule has 0 saturated carbocycles. The van der Waals surface area contributed by atoms with Crippen molar-refractivity contribution in [2.75, 3.05) is 12.3 Å². The molecule has 4 unspecified atom stereocenters. The van der Waals surface area contributed by atoms with E-state index in [2.05, 4.69) is 43.5 Å². The van der Waals surface area contributed by atoms with Crippen molar-refractivity contribution in [1.29, 1.82) is 0 Å². The van der Waals surface area contributed by atoms with Crippen LogP contribution in [0.1, 0.15) is 31.4 Å². The molecular formula is C20H34N10O6S. The van der Waals surface area contributed by atoms with Gasteiger partial charge in [-0.25, -0.2) is 9.78 Å². The summed E-state index contributed by atoms with van der Waals surface area (Å²) in [6, 6.07) is -4.81. The molecule has 4 atom stereocenters. The van der Waals surface area contributed by atoms with Gasteiger partial charge in [-0.2, -0.15) is 12.6 Å². The third-order valence-electron chi connectivity index (χ3n) is 5.03. The van der Waals surface area contributed by atoms with Crippen molar-refractivity contribution in [3.63, 3.8) is 0 Å². The summed E-state index contributed by atoms with van der Waals surface area (Å²) in [7, 11) is 0. The number of H-pyrrole nitrogens is 1. The quantitative estimate of drug-likeness (QED) is 0.0394. The van der Waals surface area contributed by atoms with Gasteiger partial charge >= 0.3 is 5.97 Å². The van der Waals surface area contributed by atoms with E-state index in [9.17, 15) is 29.1 Å². The smallest absolute Gasteiger partial charge is 0.326 e. The van der Waals surface area contributed by atoms with Gasteiger partial charge in [-0.1, -0.05) is 0 Å². The van der Waals surface area contributed by atoms with E-state index in [0.717, 1.165) is 0 Å². The molecular weight excluding hydrogens is 508 g/mol. The fourth-order valence-electron chi connectivity index (χ4n) is 3.04. The lowest BCUT2D eigenvalue weighted by Crippen LogP contribution is -2.58. The van der Waals surface area contributed by atoms with Gasteiger partial charge in [0.2, 0.25) is 23.6 Å². The van der Waals surface area contributed by atoms with Crippen LogP contribution in [-0.2, 0) is 30.4 Å². The summed E-state index contributed by atoms with van der Waals surface area (Å²) in [6.07, 6.45) is 2.83. The van der Waals surface area contributed by atoms with Crippen molar-refractivity contribution >= 4 is 48.2 Å². The zero-order valence-corrected chi connectivity index (χ0v) is 20.9. The van der Waals surface area contributed by atoms with Gasteiger partial charge in [0, 0.05) is 37.0 Å². The molecule has 0 aliphatic carbocycles. The number of rotatable bonds is 17. The number of thiol groups is 1. The topological polar surface area (TPSA) is 287 Å². The number of aromatic amines is 1. The summed E-state index contributed by atoms with van der Waals surface area (Å²) >= 11 is 4.07. The third-order valence-corrected chi connectivity index (χ3v) is 5.39. The molecule has 4 amide bonds. The molecule has 0 aliphatic rings. The number of aromatic nitrogens is 2. The van der Waals surface area contributed by atoms with Crippen molar-refractivity contribution in [3.05, 3.63) is 18.2 Å². The normalized spacial score (nSPS) is 13.9. The molecule has 37 heavy (non-hydrogen) atoms. The van der Waals surface area contributed by atoms with E-state index in [4.69, 9.17) is 22.9 Å². The summed E-state index contributed by atoms with van der Waals surface area (Å²) < 4.78 is 0. The minimum atomic E-state index is -1.35. The number of carbonyl (C=O) groups excluding carboxylic acids is 4. The van der Waals surface area contributed by atoms with E-state index in [-0.39, 0.29) is 43.9 Å². The zero-order chi connectivity index (χ0) is 28.0. The number of hydrogen-bond acceptors (Lipinski definition) is 9. The highest BCUT2D eigenvalue weighted by Crippen LogP contribution is 2.04. The SMILES string of the molecule is NC(=O)CCC(NC(=O)C(CS)NC(=O)C(N)CCCN=C(N)N)C(=O)NC(Cc1cnc[nH]1)C(=O)O. The standard InChI is InChI=1S/C20H34N10O6S/c21-11(2-1-5-26-20(23)24)16(32)30-14(8-37)18(34)28-12(3-4-15(22)31)17(33)29-13(19(35)36)6-10-7-25-9-27-10/h7,9,11-14,37H,1-6,8,21H2,(H2,22,31)(H,25,27)(H,28,34)(H,29,33)(H,30,32)(H,35,36)(H4,23,24,26). The Hall–Kier alpha value is -3.86. The fraction of sp³-hybridized carbons (Fsp3) is 0.550. The maximum Gasteiger partial charge on any atom is 0.326 e. The second-order valence-corrected chi connectivity index (χ2v) is 8.41. The molecule has 1 rings (SSSR count). The van der Waals surface area contributed by atoms with E-state index in [1.807, 2.05) is 0 Å². The minimum absolute atomic E-state index is 0.0873. The monoisotopic (exact) mass is 542 g/mol. The number of imidazole rings is 1. The molecule has 0 aliphatic heterocycles. The number of nitrogens with two attached hydrogens (primary N) is 4. The van der Waals surface area contributed by atoms with Crippen LogP contribution < -0.4 is 38.9 Å². The van der Waals surface area contributed by atoms with Crippen LogP contribution in [0.4, 0.5) is 0 Å².